The summed E-state index contributed by atoms with van der Waals surface area (Å²) in [5.41, 5.74) is 2.47. The van der Waals surface area contributed by atoms with Gasteiger partial charge >= 0.3 is 6.18 Å². The first-order valence-electron chi connectivity index (χ1n) is 12.0. The number of nitrogens with one attached hydrogen (secondary N) is 2. The Bertz CT molecular complexity index is 1630. The fourth-order valence-electron chi connectivity index (χ4n) is 4.75. The highest BCUT2D eigenvalue weighted by molar-refractivity contribution is 5.98. The van der Waals surface area contributed by atoms with E-state index in [1.54, 1.807) is 6.07 Å². The molecule has 1 atom stereocenters. The molecule has 0 spiro atoms. The van der Waals surface area contributed by atoms with Gasteiger partial charge in [-0.25, -0.2) is 4.98 Å². The fraction of sp³-hybridized carbons (Fsp3) is 0.269. The Balaban J connectivity index is 1.36. The van der Waals surface area contributed by atoms with Gasteiger partial charge in [0.15, 0.2) is 5.78 Å². The Kier molecular flexibility index (Phi) is 6.58. The van der Waals surface area contributed by atoms with Gasteiger partial charge in [-0.05, 0) is 61.1 Å². The van der Waals surface area contributed by atoms with Crippen molar-refractivity contribution in [2.24, 2.45) is 0 Å². The van der Waals surface area contributed by atoms with Crippen LogP contribution in [0.4, 0.5) is 13.2 Å². The third-order valence-electron chi connectivity index (χ3n) is 6.66. The highest BCUT2D eigenvalue weighted by Gasteiger charge is 2.32. The van der Waals surface area contributed by atoms with Crippen LogP contribution in [0.25, 0.3) is 5.78 Å². The molecular formula is C26H22F3N7O3. The zero-order valence-electron chi connectivity index (χ0n) is 20.8. The van der Waals surface area contributed by atoms with Gasteiger partial charge in [0.05, 0.1) is 6.04 Å². The predicted octanol–water partition coefficient (Wildman–Crippen LogP) is 3.40. The van der Waals surface area contributed by atoms with Gasteiger partial charge in [0.25, 0.3) is 17.6 Å². The number of ketones is 1. The number of carbonyl (C=O) groups is 3. The quantitative estimate of drug-likeness (QED) is 0.361. The molecule has 5 rings (SSSR count). The number of aromatic nitrogens is 5. The van der Waals surface area contributed by atoms with Crippen LogP contribution >= 0.6 is 0 Å². The summed E-state index contributed by atoms with van der Waals surface area (Å²) in [6.45, 7) is 3.19. The van der Waals surface area contributed by atoms with Crippen LogP contribution in [-0.4, -0.2) is 42.2 Å². The van der Waals surface area contributed by atoms with Crippen LogP contribution in [0, 0.1) is 6.92 Å². The molecule has 13 heteroatoms. The minimum atomic E-state index is -4.61. The second-order valence-corrected chi connectivity index (χ2v) is 9.16. The summed E-state index contributed by atoms with van der Waals surface area (Å²) in [5.74, 6) is -1.25. The lowest BCUT2D eigenvalue weighted by Gasteiger charge is -2.16. The Labute approximate surface area is 219 Å². The summed E-state index contributed by atoms with van der Waals surface area (Å²) < 4.78 is 40.0. The minimum Gasteiger partial charge on any atom is -0.347 e. The number of hydrogen-bond acceptors (Lipinski definition) is 7. The number of benzene rings is 1. The van der Waals surface area contributed by atoms with Gasteiger partial charge in [0, 0.05) is 24.4 Å². The van der Waals surface area contributed by atoms with Crippen LogP contribution in [0.2, 0.25) is 0 Å². The Morgan fingerprint density at radius 1 is 1.10 bits per heavy atom. The maximum Gasteiger partial charge on any atom is 0.433 e. The number of halogens is 3. The molecule has 2 amide bonds. The van der Waals surface area contributed by atoms with Crippen molar-refractivity contribution in [3.8, 4) is 0 Å². The number of hydrogen-bond donors (Lipinski definition) is 2. The number of carbonyl (C=O) groups excluding carboxylic acids is 3. The van der Waals surface area contributed by atoms with Gasteiger partial charge in [-0.15, -0.1) is 0 Å². The molecule has 4 aromatic rings. The Morgan fingerprint density at radius 3 is 2.64 bits per heavy atom. The first kappa shape index (κ1) is 25.9. The molecule has 0 radical (unpaired) electrons. The number of alkyl halides is 3. The van der Waals surface area contributed by atoms with Crippen molar-refractivity contribution >= 4 is 23.4 Å². The van der Waals surface area contributed by atoms with Crippen molar-refractivity contribution in [2.45, 2.75) is 45.5 Å². The number of rotatable bonds is 6. The topological polar surface area (TPSA) is 131 Å². The van der Waals surface area contributed by atoms with Gasteiger partial charge < -0.3 is 10.6 Å². The molecule has 0 unspecified atom stereocenters. The van der Waals surface area contributed by atoms with E-state index in [1.165, 1.54) is 29.9 Å². The van der Waals surface area contributed by atoms with Crippen LogP contribution in [0.5, 0.6) is 0 Å². The number of amides is 2. The smallest absolute Gasteiger partial charge is 0.347 e. The van der Waals surface area contributed by atoms with Crippen molar-refractivity contribution in [2.75, 3.05) is 0 Å². The summed E-state index contributed by atoms with van der Waals surface area (Å²) in [6, 6.07) is 6.73. The number of Topliss-reactive ketones (excluding diaryl/α,β-unsaturated/α-hetero) is 1. The van der Waals surface area contributed by atoms with Crippen LogP contribution in [0.3, 0.4) is 0 Å². The van der Waals surface area contributed by atoms with Crippen LogP contribution in [-0.2, 0) is 19.1 Å². The van der Waals surface area contributed by atoms with Crippen LogP contribution < -0.4 is 10.6 Å². The molecule has 1 aliphatic rings. The van der Waals surface area contributed by atoms with Crippen molar-refractivity contribution in [1.29, 1.82) is 0 Å². The molecule has 3 heterocycles. The number of nitrogens with zero attached hydrogens (tertiary/aromatic N) is 5. The molecule has 0 bridgehead atoms. The molecule has 1 aliphatic carbocycles. The maximum absolute atomic E-state index is 13.3. The number of pyridine rings is 1. The summed E-state index contributed by atoms with van der Waals surface area (Å²) >= 11 is 0. The fourth-order valence-corrected chi connectivity index (χ4v) is 4.75. The minimum absolute atomic E-state index is 0.00448. The molecule has 1 aromatic carbocycles. The molecular weight excluding hydrogens is 515 g/mol. The van der Waals surface area contributed by atoms with Gasteiger partial charge in [0.1, 0.15) is 23.4 Å². The normalized spacial score (nSPS) is 14.7. The van der Waals surface area contributed by atoms with Gasteiger partial charge in [-0.3, -0.25) is 19.4 Å². The Morgan fingerprint density at radius 2 is 1.90 bits per heavy atom. The first-order chi connectivity index (χ1) is 18.5. The van der Waals surface area contributed by atoms with E-state index < -0.39 is 23.7 Å². The molecule has 0 saturated heterocycles. The lowest BCUT2D eigenvalue weighted by atomic mass is 9.96. The molecule has 2 N–H and O–H groups in total. The van der Waals surface area contributed by atoms with Crippen LogP contribution in [0.15, 0.2) is 42.9 Å². The zero-order chi connectivity index (χ0) is 27.9. The van der Waals surface area contributed by atoms with E-state index in [2.05, 4.69) is 30.7 Å². The third kappa shape index (κ3) is 5.07. The average molecular weight is 538 g/mol. The molecule has 0 aliphatic heterocycles. The molecule has 10 nitrogen and oxygen atoms in total. The second kappa shape index (κ2) is 9.89. The van der Waals surface area contributed by atoms with Crippen molar-refractivity contribution < 1.29 is 27.6 Å². The van der Waals surface area contributed by atoms with E-state index in [9.17, 15) is 27.6 Å². The largest absolute Gasteiger partial charge is 0.433 e. The summed E-state index contributed by atoms with van der Waals surface area (Å²) in [6.07, 6.45) is -1.09. The number of fused-ring (bicyclic) bond motifs is 2. The standard InChI is InChI=1S/C26H22F3N7O3/c1-13-16(14(2)37)3-4-18-17(13)5-6-19(18)34-24(39)21-10-20(35-25-32-12-33-36(21)25)23(38)31-11-15-7-8-30-22(9-15)26(27,28)29/h3-4,7-10,12,19H,5-6,11H2,1-2H3,(H,31,38)(H,34,39)/t19-/m0/s1. The van der Waals surface area contributed by atoms with Gasteiger partial charge in [-0.2, -0.15) is 27.8 Å². The highest BCUT2D eigenvalue weighted by atomic mass is 19.4. The van der Waals surface area contributed by atoms with E-state index in [4.69, 9.17) is 0 Å². The van der Waals surface area contributed by atoms with Gasteiger partial charge in [0.2, 0.25) is 0 Å². The predicted molar refractivity (Wildman–Crippen MR) is 131 cm³/mol. The van der Waals surface area contributed by atoms with Crippen molar-refractivity contribution in [1.82, 2.24) is 35.2 Å². The van der Waals surface area contributed by atoms with E-state index in [1.807, 2.05) is 13.0 Å². The summed E-state index contributed by atoms with van der Waals surface area (Å²) in [5, 5.41) is 9.51. The average Bonchev–Trinajstić information content (AvgIpc) is 3.54. The summed E-state index contributed by atoms with van der Waals surface area (Å²) in [7, 11) is 0. The SMILES string of the molecule is CC(=O)c1ccc2c(c1C)CC[C@@H]2NC(=O)c1cc(C(=O)NCc2ccnc(C(F)(F)F)c2)nc2ncnn12. The molecule has 39 heavy (non-hydrogen) atoms. The first-order valence-corrected chi connectivity index (χ1v) is 12.0. The molecule has 3 aromatic heterocycles. The Hall–Kier alpha value is -4.68. The van der Waals surface area contributed by atoms with E-state index >= 15 is 0 Å². The zero-order valence-corrected chi connectivity index (χ0v) is 20.8. The lowest BCUT2D eigenvalue weighted by molar-refractivity contribution is -0.141. The van der Waals surface area contributed by atoms with Crippen molar-refractivity contribution in [3.05, 3.63) is 87.8 Å². The van der Waals surface area contributed by atoms with Gasteiger partial charge in [-0.1, -0.05) is 12.1 Å². The van der Waals surface area contributed by atoms with Crippen molar-refractivity contribution in [3.63, 3.8) is 0 Å². The van der Waals surface area contributed by atoms with E-state index in [-0.39, 0.29) is 41.1 Å². The van der Waals surface area contributed by atoms with E-state index in [0.717, 1.165) is 29.0 Å². The third-order valence-corrected chi connectivity index (χ3v) is 6.66. The monoisotopic (exact) mass is 537 g/mol. The molecule has 0 saturated carbocycles. The van der Waals surface area contributed by atoms with Crippen LogP contribution in [0.1, 0.15) is 78.7 Å². The van der Waals surface area contributed by atoms with E-state index in [0.29, 0.717) is 18.4 Å². The maximum atomic E-state index is 13.3. The molecule has 0 fully saturated rings. The summed E-state index contributed by atoms with van der Waals surface area (Å²) in [4.78, 5) is 49.5. The molecule has 200 valence electrons. The lowest BCUT2D eigenvalue weighted by Crippen LogP contribution is -2.30. The highest BCUT2D eigenvalue weighted by Crippen LogP contribution is 2.35. The second-order valence-electron chi connectivity index (χ2n) is 9.16.